The Bertz CT molecular complexity index is 3180. The summed E-state index contributed by atoms with van der Waals surface area (Å²) >= 11 is 0. The molecule has 1 heteroatoms. The van der Waals surface area contributed by atoms with Crippen molar-refractivity contribution in [2.45, 2.75) is 31.6 Å². The summed E-state index contributed by atoms with van der Waals surface area (Å²) in [5, 5.41) is 5.01. The van der Waals surface area contributed by atoms with Crippen LogP contribution in [0.1, 0.15) is 48.7 Å². The summed E-state index contributed by atoms with van der Waals surface area (Å²) in [6, 6.07) is 61.8. The maximum atomic E-state index is 6.88. The second kappa shape index (κ2) is 14.2. The fourth-order valence-corrected chi connectivity index (χ4v) is 11.2. The van der Waals surface area contributed by atoms with Crippen molar-refractivity contribution in [1.82, 2.24) is 4.98 Å². The molecule has 7 aromatic carbocycles. The lowest BCUT2D eigenvalue weighted by Crippen LogP contribution is -2.51. The van der Waals surface area contributed by atoms with Gasteiger partial charge in [0.25, 0.3) is 0 Å². The molecule has 290 valence electrons. The van der Waals surface area contributed by atoms with Crippen LogP contribution in [-0.2, 0) is 10.8 Å². The summed E-state index contributed by atoms with van der Waals surface area (Å²) < 4.78 is 0. The van der Waals surface area contributed by atoms with Gasteiger partial charge in [0.15, 0.2) is 0 Å². The minimum Gasteiger partial charge on any atom is -0.247 e. The summed E-state index contributed by atoms with van der Waals surface area (Å²) in [6.45, 7) is 7.05. The third-order valence-corrected chi connectivity index (χ3v) is 13.9. The first-order valence-electron chi connectivity index (χ1n) is 21.4. The van der Waals surface area contributed by atoms with Crippen LogP contribution >= 0.6 is 0 Å². The predicted molar refractivity (Wildman–Crippen MR) is 257 cm³/mol. The second-order valence-electron chi connectivity index (χ2n) is 17.3. The summed E-state index contributed by atoms with van der Waals surface area (Å²) in [5.74, 6) is 3.70. The molecule has 0 aliphatic heterocycles. The minimum atomic E-state index is -0.500. The standard InChI is InChI=1S/C60H45N/c1-5-46(57-38-45(39-19-9-7-10-20-39)37-56(61-57)41-22-11-8-12-23-41)58-49-36-43(42-31-33-48-44(35-42)30-29-40-21-13-14-24-47(40)48)32-34-51(49)60(50(58)6-2)54-27-17-15-25-52(54)59(3,4)53-26-16-18-28-55(53)60/h1,6-38,52,54H,2-4H3/b50-6+,58-46+. The van der Waals surface area contributed by atoms with E-state index in [-0.39, 0.29) is 17.3 Å². The van der Waals surface area contributed by atoms with E-state index in [2.05, 4.69) is 221 Å². The van der Waals surface area contributed by atoms with E-state index in [1.165, 1.54) is 54.9 Å². The fraction of sp³-hybridized carbons (Fsp3) is 0.117. The van der Waals surface area contributed by atoms with Gasteiger partial charge in [-0.05, 0) is 114 Å². The molecular weight excluding hydrogens is 735 g/mol. The van der Waals surface area contributed by atoms with Crippen molar-refractivity contribution in [2.75, 3.05) is 0 Å². The number of nitrogens with zero attached hydrogens (tertiary/aromatic N) is 1. The van der Waals surface area contributed by atoms with Crippen LogP contribution in [-0.4, -0.2) is 4.98 Å². The number of terminal acetylenes is 1. The molecule has 1 heterocycles. The summed E-state index contributed by atoms with van der Waals surface area (Å²) in [6.07, 6.45) is 18.7. The molecule has 0 saturated carbocycles. The van der Waals surface area contributed by atoms with Gasteiger partial charge in [-0.3, -0.25) is 0 Å². The van der Waals surface area contributed by atoms with E-state index in [0.717, 1.165) is 44.8 Å². The van der Waals surface area contributed by atoms with Gasteiger partial charge in [-0.25, -0.2) is 4.98 Å². The third kappa shape index (κ3) is 5.52. The first kappa shape index (κ1) is 36.8. The van der Waals surface area contributed by atoms with Crippen LogP contribution in [0.25, 0.3) is 66.2 Å². The normalized spacial score (nSPS) is 21.0. The van der Waals surface area contributed by atoms with Gasteiger partial charge in [0.05, 0.1) is 22.4 Å². The van der Waals surface area contributed by atoms with Crippen LogP contribution in [0.3, 0.4) is 0 Å². The molecule has 0 fully saturated rings. The molecule has 3 unspecified atom stereocenters. The zero-order valence-electron chi connectivity index (χ0n) is 34.7. The zero-order valence-corrected chi connectivity index (χ0v) is 34.7. The zero-order chi connectivity index (χ0) is 41.3. The number of hydrogen-bond donors (Lipinski definition) is 0. The summed E-state index contributed by atoms with van der Waals surface area (Å²) in [4.78, 5) is 5.46. The topological polar surface area (TPSA) is 12.9 Å². The van der Waals surface area contributed by atoms with Crippen molar-refractivity contribution >= 4 is 32.7 Å². The number of aromatic nitrogens is 1. The molecule has 0 bridgehead atoms. The van der Waals surface area contributed by atoms with Crippen LogP contribution in [0.5, 0.6) is 0 Å². The highest BCUT2D eigenvalue weighted by Crippen LogP contribution is 2.67. The Balaban J connectivity index is 1.22. The second-order valence-corrected chi connectivity index (χ2v) is 17.3. The Labute approximate surface area is 359 Å². The van der Waals surface area contributed by atoms with E-state index in [0.29, 0.717) is 0 Å². The number of rotatable bonds is 4. The maximum absolute atomic E-state index is 6.88. The van der Waals surface area contributed by atoms with Crippen molar-refractivity contribution < 1.29 is 0 Å². The average Bonchev–Trinajstić information content (AvgIpc) is 3.61. The van der Waals surface area contributed by atoms with E-state index in [4.69, 9.17) is 11.4 Å². The van der Waals surface area contributed by atoms with Gasteiger partial charge in [-0.1, -0.05) is 196 Å². The molecule has 1 nitrogen and oxygen atoms in total. The van der Waals surface area contributed by atoms with E-state index >= 15 is 0 Å². The number of pyridine rings is 1. The Kier molecular flexibility index (Phi) is 8.55. The van der Waals surface area contributed by atoms with Crippen LogP contribution in [0, 0.1) is 24.2 Å². The van der Waals surface area contributed by atoms with Gasteiger partial charge in [-0.2, -0.15) is 0 Å². The van der Waals surface area contributed by atoms with Crippen LogP contribution in [0.4, 0.5) is 0 Å². The van der Waals surface area contributed by atoms with E-state index < -0.39 is 5.41 Å². The highest BCUT2D eigenvalue weighted by Gasteiger charge is 2.60. The molecule has 0 N–H and O–H groups in total. The summed E-state index contributed by atoms with van der Waals surface area (Å²) in [5.41, 5.74) is 15.0. The molecule has 8 aromatic rings. The Morgan fingerprint density at radius 2 is 1.20 bits per heavy atom. The lowest BCUT2D eigenvalue weighted by molar-refractivity contribution is 0.219. The molecule has 1 aromatic heterocycles. The fourth-order valence-electron chi connectivity index (χ4n) is 11.2. The highest BCUT2D eigenvalue weighted by molar-refractivity contribution is 6.11. The summed E-state index contributed by atoms with van der Waals surface area (Å²) in [7, 11) is 0. The number of hydrogen-bond acceptors (Lipinski definition) is 1. The Morgan fingerprint density at radius 3 is 1.97 bits per heavy atom. The van der Waals surface area contributed by atoms with Crippen molar-refractivity contribution in [1.29, 1.82) is 0 Å². The Hall–Kier alpha value is -7.27. The monoisotopic (exact) mass is 779 g/mol. The van der Waals surface area contributed by atoms with Crippen LogP contribution < -0.4 is 0 Å². The number of fused-ring (bicyclic) bond motifs is 9. The third-order valence-electron chi connectivity index (χ3n) is 13.9. The average molecular weight is 780 g/mol. The van der Waals surface area contributed by atoms with Gasteiger partial charge >= 0.3 is 0 Å². The van der Waals surface area contributed by atoms with Crippen LogP contribution in [0.15, 0.2) is 206 Å². The molecule has 3 atom stereocenters. The molecular formula is C60H45N. The molecule has 61 heavy (non-hydrogen) atoms. The van der Waals surface area contributed by atoms with E-state index in [9.17, 15) is 0 Å². The van der Waals surface area contributed by atoms with Crippen molar-refractivity contribution in [2.24, 2.45) is 11.8 Å². The lowest BCUT2D eigenvalue weighted by atomic mass is 9.48. The van der Waals surface area contributed by atoms with Gasteiger partial charge < -0.3 is 0 Å². The maximum Gasteiger partial charge on any atom is 0.0806 e. The van der Waals surface area contributed by atoms with Crippen LogP contribution in [0.2, 0.25) is 0 Å². The molecule has 11 rings (SSSR count). The molecule has 3 aliphatic carbocycles. The van der Waals surface area contributed by atoms with Gasteiger partial charge in [0.2, 0.25) is 0 Å². The largest absolute Gasteiger partial charge is 0.247 e. The lowest BCUT2D eigenvalue weighted by Gasteiger charge is -2.54. The molecule has 0 amide bonds. The molecule has 1 spiro atoms. The molecule has 3 aliphatic rings. The van der Waals surface area contributed by atoms with Gasteiger partial charge in [0, 0.05) is 17.1 Å². The first-order chi connectivity index (χ1) is 29.9. The Morgan fingerprint density at radius 1 is 0.557 bits per heavy atom. The van der Waals surface area contributed by atoms with E-state index in [1.54, 1.807) is 0 Å². The van der Waals surface area contributed by atoms with Crippen molar-refractivity contribution in [3.05, 3.63) is 234 Å². The van der Waals surface area contributed by atoms with Gasteiger partial charge in [-0.15, -0.1) is 6.42 Å². The van der Waals surface area contributed by atoms with Crippen molar-refractivity contribution in [3.63, 3.8) is 0 Å². The quantitative estimate of drug-likeness (QED) is 0.128. The minimum absolute atomic E-state index is 0.0977. The van der Waals surface area contributed by atoms with Crippen molar-refractivity contribution in [3.8, 4) is 45.9 Å². The number of benzene rings is 7. The number of allylic oxidation sites excluding steroid dienone is 8. The first-order valence-corrected chi connectivity index (χ1v) is 21.4. The molecule has 0 saturated heterocycles. The molecule has 0 radical (unpaired) electrons. The van der Waals surface area contributed by atoms with E-state index in [1.807, 2.05) is 6.07 Å². The SMILES string of the molecule is C#C/C(=C1\C(=C/C)C2(c3ccc(-c4ccc5c(ccc6ccccc65)c4)cc31)c1ccccc1C(C)(C)C1C=CC=CC12)c1cc(-c2ccccc2)cc(-c2ccccc2)n1. The van der Waals surface area contributed by atoms with Gasteiger partial charge in [0.1, 0.15) is 0 Å². The smallest absolute Gasteiger partial charge is 0.0806 e. The highest BCUT2D eigenvalue weighted by atomic mass is 14.7. The predicted octanol–water partition coefficient (Wildman–Crippen LogP) is 14.8.